The standard InChI is InChI=1S/C32H43N7O6/c1-5-6-11-39(18-9-12-38(4)13-10-18)19-8-7-17-14-30(35)15-32(36)26(37(2)3)25(42)21(29(34)45)27(43)31(32,16-33)28(44)22(30)24(41)20(17)23(19)40/h7-8,18,21-22,26,40H,5-6,9-15,35-36H2,1-4H3,(H2,34,45)/t21?,22?,26-,30-,31+,32-/m1/s1. The number of hydrogen-bond acceptors (Lipinski definition) is 12. The van der Waals surface area contributed by atoms with Gasteiger partial charge in [0.25, 0.3) is 0 Å². The van der Waals surface area contributed by atoms with Crippen molar-refractivity contribution in [3.8, 4) is 11.8 Å². The number of carbonyl (C=O) groups excluding carboxylic acids is 5. The van der Waals surface area contributed by atoms with Crippen LogP contribution in [0.2, 0.25) is 0 Å². The van der Waals surface area contributed by atoms with Crippen LogP contribution in [0, 0.1) is 28.6 Å². The number of fused-ring (bicyclic) bond motifs is 3. The molecule has 0 spiro atoms. The van der Waals surface area contributed by atoms with Crippen molar-refractivity contribution < 1.29 is 29.1 Å². The number of likely N-dealkylation sites (tertiary alicyclic amines) is 1. The molecular weight excluding hydrogens is 578 g/mol. The zero-order chi connectivity index (χ0) is 33.2. The van der Waals surface area contributed by atoms with Crippen molar-refractivity contribution in [3.63, 3.8) is 0 Å². The molecule has 0 radical (unpaired) electrons. The van der Waals surface area contributed by atoms with Gasteiger partial charge in [0.05, 0.1) is 28.9 Å². The number of nitriles is 1. The van der Waals surface area contributed by atoms with E-state index in [0.717, 1.165) is 38.8 Å². The molecule has 1 aliphatic heterocycles. The highest BCUT2D eigenvalue weighted by Gasteiger charge is 2.78. The highest BCUT2D eigenvalue weighted by atomic mass is 16.3. The number of amides is 1. The van der Waals surface area contributed by atoms with Gasteiger partial charge in [0.1, 0.15) is 11.7 Å². The smallest absolute Gasteiger partial charge is 0.235 e. The van der Waals surface area contributed by atoms with Gasteiger partial charge < -0.3 is 32.1 Å². The third kappa shape index (κ3) is 4.52. The van der Waals surface area contributed by atoms with Crippen molar-refractivity contribution in [3.05, 3.63) is 23.3 Å². The number of carbonyl (C=O) groups is 5. The molecule has 45 heavy (non-hydrogen) atoms. The van der Waals surface area contributed by atoms with E-state index >= 15 is 0 Å². The Morgan fingerprint density at radius 2 is 1.78 bits per heavy atom. The zero-order valence-electron chi connectivity index (χ0n) is 26.3. The molecule has 1 saturated heterocycles. The first-order valence-electron chi connectivity index (χ1n) is 15.5. The number of phenolic OH excluding ortho intramolecular Hbond substituents is 1. The van der Waals surface area contributed by atoms with Crippen LogP contribution in [-0.2, 0) is 25.6 Å². The van der Waals surface area contributed by atoms with Crippen LogP contribution in [0.3, 0.4) is 0 Å². The quantitative estimate of drug-likeness (QED) is 0.284. The predicted octanol–water partition coefficient (Wildman–Crippen LogP) is -0.491. The monoisotopic (exact) mass is 621 g/mol. The molecule has 3 fully saturated rings. The fraction of sp³-hybridized carbons (Fsp3) is 0.625. The Morgan fingerprint density at radius 1 is 1.13 bits per heavy atom. The van der Waals surface area contributed by atoms with Crippen LogP contribution in [0.15, 0.2) is 12.1 Å². The van der Waals surface area contributed by atoms with Gasteiger partial charge in [0.2, 0.25) is 5.91 Å². The van der Waals surface area contributed by atoms with E-state index in [2.05, 4.69) is 23.8 Å². The van der Waals surface area contributed by atoms with Crippen LogP contribution in [0.25, 0.3) is 0 Å². The molecule has 3 aliphatic carbocycles. The third-order valence-electron chi connectivity index (χ3n) is 10.6. The fourth-order valence-corrected chi connectivity index (χ4v) is 8.55. The first kappa shape index (κ1) is 32.7. The minimum Gasteiger partial charge on any atom is -0.505 e. The molecule has 6 atom stereocenters. The van der Waals surface area contributed by atoms with E-state index in [1.54, 1.807) is 18.2 Å². The summed E-state index contributed by atoms with van der Waals surface area (Å²) in [6, 6.07) is 3.94. The number of primary amides is 1. The van der Waals surface area contributed by atoms with Crippen molar-refractivity contribution in [1.82, 2.24) is 9.80 Å². The lowest BCUT2D eigenvalue weighted by molar-refractivity contribution is -0.166. The number of unbranched alkanes of at least 4 members (excludes halogenated alkanes) is 1. The van der Waals surface area contributed by atoms with Crippen LogP contribution >= 0.6 is 0 Å². The minimum absolute atomic E-state index is 0.0751. The van der Waals surface area contributed by atoms with E-state index in [1.165, 1.54) is 19.0 Å². The summed E-state index contributed by atoms with van der Waals surface area (Å²) in [5.74, 6) is -9.67. The first-order valence-corrected chi connectivity index (χ1v) is 15.5. The van der Waals surface area contributed by atoms with Crippen molar-refractivity contribution in [2.75, 3.05) is 45.7 Å². The van der Waals surface area contributed by atoms with Crippen LogP contribution in [0.5, 0.6) is 5.75 Å². The molecule has 1 amide bonds. The number of rotatable bonds is 7. The molecule has 13 nitrogen and oxygen atoms in total. The van der Waals surface area contributed by atoms with E-state index in [1.807, 2.05) is 0 Å². The summed E-state index contributed by atoms with van der Waals surface area (Å²) >= 11 is 0. The lowest BCUT2D eigenvalue weighted by atomic mass is 9.43. The number of benzene rings is 1. The molecule has 7 N–H and O–H groups in total. The second-order valence-corrected chi connectivity index (χ2v) is 13.7. The number of ketones is 4. The number of anilines is 1. The summed E-state index contributed by atoms with van der Waals surface area (Å²) in [6.45, 7) is 4.51. The summed E-state index contributed by atoms with van der Waals surface area (Å²) in [6.07, 6.45) is 3.02. The molecule has 5 rings (SSSR count). The third-order valence-corrected chi connectivity index (χ3v) is 10.6. The van der Waals surface area contributed by atoms with E-state index < -0.39 is 69.8 Å². The summed E-state index contributed by atoms with van der Waals surface area (Å²) in [4.78, 5) is 74.6. The number of aromatic hydroxyl groups is 1. The van der Waals surface area contributed by atoms with Gasteiger partial charge in [0.15, 0.2) is 34.5 Å². The molecule has 1 aromatic rings. The van der Waals surface area contributed by atoms with Gasteiger partial charge in [-0.15, -0.1) is 0 Å². The Kier molecular flexibility index (Phi) is 8.19. The zero-order valence-corrected chi connectivity index (χ0v) is 26.3. The molecule has 0 aromatic heterocycles. The highest BCUT2D eigenvalue weighted by molar-refractivity contribution is 6.33. The van der Waals surface area contributed by atoms with Gasteiger partial charge in [-0.2, -0.15) is 5.26 Å². The average molecular weight is 622 g/mol. The normalized spacial score (nSPS) is 33.8. The van der Waals surface area contributed by atoms with Crippen LogP contribution in [0.4, 0.5) is 5.69 Å². The van der Waals surface area contributed by atoms with Gasteiger partial charge in [-0.1, -0.05) is 19.4 Å². The molecule has 242 valence electrons. The van der Waals surface area contributed by atoms with Crippen molar-refractivity contribution in [2.24, 2.45) is 34.5 Å². The van der Waals surface area contributed by atoms with E-state index in [9.17, 15) is 34.3 Å². The summed E-state index contributed by atoms with van der Waals surface area (Å²) < 4.78 is 0. The number of likely N-dealkylation sites (N-methyl/N-ethyl adjacent to an activating group) is 1. The van der Waals surface area contributed by atoms with Gasteiger partial charge in [0, 0.05) is 18.1 Å². The van der Waals surface area contributed by atoms with Gasteiger partial charge in [-0.05, 0) is 78.0 Å². The van der Waals surface area contributed by atoms with E-state index in [4.69, 9.17) is 17.2 Å². The molecule has 4 aliphatic rings. The second-order valence-electron chi connectivity index (χ2n) is 13.7. The molecule has 2 saturated carbocycles. The molecule has 1 aromatic carbocycles. The van der Waals surface area contributed by atoms with Crippen molar-refractivity contribution in [1.29, 1.82) is 5.26 Å². The van der Waals surface area contributed by atoms with Crippen LogP contribution < -0.4 is 22.1 Å². The number of nitrogens with two attached hydrogens (primary N) is 3. The Balaban J connectivity index is 1.65. The topological polar surface area (TPSA) is 217 Å². The first-order chi connectivity index (χ1) is 21.1. The Bertz CT molecular complexity index is 1510. The van der Waals surface area contributed by atoms with E-state index in [0.29, 0.717) is 17.8 Å². The lowest BCUT2D eigenvalue weighted by Crippen LogP contribution is -2.85. The van der Waals surface area contributed by atoms with E-state index in [-0.39, 0.29) is 23.8 Å². The predicted molar refractivity (Wildman–Crippen MR) is 164 cm³/mol. The van der Waals surface area contributed by atoms with Gasteiger partial charge in [-0.3, -0.25) is 28.9 Å². The Hall–Kier alpha value is -3.70. The maximum Gasteiger partial charge on any atom is 0.235 e. The van der Waals surface area contributed by atoms with Crippen molar-refractivity contribution in [2.45, 2.75) is 68.6 Å². The highest BCUT2D eigenvalue weighted by Crippen LogP contribution is 2.56. The van der Waals surface area contributed by atoms with Crippen LogP contribution in [-0.4, -0.2) is 108 Å². The Labute approximate surface area is 262 Å². The summed E-state index contributed by atoms with van der Waals surface area (Å²) in [5, 5.41) is 22.3. The second kappa shape index (κ2) is 11.3. The lowest BCUT2D eigenvalue weighted by Gasteiger charge is -2.60. The van der Waals surface area contributed by atoms with Gasteiger partial charge in [-0.25, -0.2) is 0 Å². The number of piperidine rings is 1. The van der Waals surface area contributed by atoms with Crippen LogP contribution in [0.1, 0.15) is 54.9 Å². The summed E-state index contributed by atoms with van der Waals surface area (Å²) in [7, 11) is 5.01. The number of phenols is 1. The summed E-state index contributed by atoms with van der Waals surface area (Å²) in [5.41, 5.74) is 13.4. The minimum atomic E-state index is -2.76. The molecular formula is C32H43N7O6. The number of Topliss-reactive ketones (excluding diaryl/α,β-unsaturated/α-hetero) is 4. The van der Waals surface area contributed by atoms with Crippen molar-refractivity contribution >= 4 is 34.7 Å². The molecule has 13 heteroatoms. The molecule has 1 heterocycles. The van der Waals surface area contributed by atoms with Gasteiger partial charge >= 0.3 is 0 Å². The maximum absolute atomic E-state index is 14.6. The average Bonchev–Trinajstić information content (AvgIpc) is 2.94. The largest absolute Gasteiger partial charge is 0.505 e. The SMILES string of the molecule is CCCCN(c1ccc2c(c1O)C(=O)C1C(=O)[C@]3(C#N)C(=O)C(C(N)=O)C(=O)[C@@H](N(C)C)[C@]3(N)C[C@]1(N)C2)C1CCN(C)CC1. The number of hydrogen-bond donors (Lipinski definition) is 4. The maximum atomic E-state index is 14.6. The Morgan fingerprint density at radius 3 is 2.33 bits per heavy atom. The molecule has 0 bridgehead atoms. The fourth-order valence-electron chi connectivity index (χ4n) is 8.55. The molecule has 2 unspecified atom stereocenters. The number of nitrogens with zero attached hydrogens (tertiary/aromatic N) is 4.